The highest BCUT2D eigenvalue weighted by atomic mass is 16.1. The maximum absolute atomic E-state index is 11.3. The van der Waals surface area contributed by atoms with Gasteiger partial charge in [0.25, 0.3) is 0 Å². The van der Waals surface area contributed by atoms with Gasteiger partial charge in [-0.1, -0.05) is 24.3 Å². The molecule has 0 saturated heterocycles. The molecule has 0 spiro atoms. The minimum Gasteiger partial charge on any atom is -0.367 e. The molecule has 2 heteroatoms. The lowest BCUT2D eigenvalue weighted by Gasteiger charge is -2.23. The second-order valence-corrected chi connectivity index (χ2v) is 5.40. The number of fused-ring (bicyclic) bond motifs is 1. The van der Waals surface area contributed by atoms with Gasteiger partial charge in [-0.05, 0) is 55.2 Å². The maximum Gasteiger partial charge on any atom is 0.159 e. The number of aryl methyl sites for hydroxylation is 1. The van der Waals surface area contributed by atoms with E-state index in [-0.39, 0.29) is 5.78 Å². The van der Waals surface area contributed by atoms with E-state index >= 15 is 0 Å². The van der Waals surface area contributed by atoms with Gasteiger partial charge in [0, 0.05) is 24.3 Å². The molecule has 0 saturated carbocycles. The number of Topliss-reactive ketones (excluding diaryl/α,β-unsaturated/α-hetero) is 1. The number of nitrogens with zero attached hydrogens (tertiary/aromatic N) is 1. The molecule has 0 atom stereocenters. The summed E-state index contributed by atoms with van der Waals surface area (Å²) < 4.78 is 0. The van der Waals surface area contributed by atoms with Gasteiger partial charge in [0.15, 0.2) is 5.78 Å². The molecule has 0 amide bonds. The van der Waals surface area contributed by atoms with Crippen LogP contribution in [0.25, 0.3) is 0 Å². The van der Waals surface area contributed by atoms with E-state index in [4.69, 9.17) is 0 Å². The Bertz CT molecular complexity index is 616. The number of benzene rings is 2. The summed E-state index contributed by atoms with van der Waals surface area (Å²) in [6.07, 6.45) is 2.32. The molecule has 0 aromatic heterocycles. The van der Waals surface area contributed by atoms with Gasteiger partial charge in [-0.25, -0.2) is 0 Å². The van der Waals surface area contributed by atoms with Crippen LogP contribution in [0, 0.1) is 0 Å². The van der Waals surface area contributed by atoms with E-state index < -0.39 is 0 Å². The first-order valence-electron chi connectivity index (χ1n) is 7.17. The Morgan fingerprint density at radius 3 is 2.40 bits per heavy atom. The van der Waals surface area contributed by atoms with Crippen LogP contribution in [0.1, 0.15) is 34.8 Å². The highest BCUT2D eigenvalue weighted by molar-refractivity contribution is 5.94. The molecular formula is C18H19NO. The summed E-state index contributed by atoms with van der Waals surface area (Å²) in [7, 11) is 0. The summed E-state index contributed by atoms with van der Waals surface area (Å²) in [5, 5.41) is 0. The predicted octanol–water partition coefficient (Wildman–Crippen LogP) is 3.84. The van der Waals surface area contributed by atoms with Crippen LogP contribution in [-0.2, 0) is 13.0 Å². The van der Waals surface area contributed by atoms with Crippen molar-refractivity contribution in [1.29, 1.82) is 0 Å². The van der Waals surface area contributed by atoms with E-state index in [0.29, 0.717) is 0 Å². The number of carbonyl (C=O) groups is 1. The van der Waals surface area contributed by atoms with Crippen molar-refractivity contribution in [3.05, 3.63) is 65.2 Å². The Balaban J connectivity index is 1.85. The van der Waals surface area contributed by atoms with E-state index in [0.717, 1.165) is 25.1 Å². The van der Waals surface area contributed by atoms with Crippen molar-refractivity contribution in [3.8, 4) is 0 Å². The van der Waals surface area contributed by atoms with Gasteiger partial charge in [-0.15, -0.1) is 0 Å². The molecule has 3 rings (SSSR count). The Kier molecular flexibility index (Phi) is 3.55. The molecule has 0 N–H and O–H groups in total. The number of rotatable bonds is 2. The number of hydrogen-bond acceptors (Lipinski definition) is 2. The smallest absolute Gasteiger partial charge is 0.159 e. The van der Waals surface area contributed by atoms with Crippen LogP contribution in [0.3, 0.4) is 0 Å². The molecule has 0 fully saturated rings. The molecule has 1 aliphatic heterocycles. The van der Waals surface area contributed by atoms with Crippen LogP contribution >= 0.6 is 0 Å². The summed E-state index contributed by atoms with van der Waals surface area (Å²) in [6.45, 7) is 3.63. The fraction of sp³-hybridized carbons (Fsp3) is 0.278. The molecule has 0 aliphatic carbocycles. The lowest BCUT2D eigenvalue weighted by molar-refractivity contribution is 0.101. The van der Waals surface area contributed by atoms with Crippen LogP contribution < -0.4 is 4.90 Å². The third-order valence-electron chi connectivity index (χ3n) is 3.99. The Hall–Kier alpha value is -2.09. The monoisotopic (exact) mass is 265 g/mol. The quantitative estimate of drug-likeness (QED) is 0.769. The molecule has 2 aromatic rings. The second-order valence-electron chi connectivity index (χ2n) is 5.40. The van der Waals surface area contributed by atoms with Gasteiger partial charge >= 0.3 is 0 Å². The standard InChI is InChI=1S/C18H19NO/c1-14(20)15-8-10-18(11-9-15)19-12-4-7-16-5-2-3-6-17(16)13-19/h2-3,5-6,8-11H,4,7,12-13H2,1H3. The van der Waals surface area contributed by atoms with Gasteiger partial charge in [0.05, 0.1) is 0 Å². The van der Waals surface area contributed by atoms with Crippen LogP contribution in [-0.4, -0.2) is 12.3 Å². The summed E-state index contributed by atoms with van der Waals surface area (Å²) in [6, 6.07) is 16.7. The molecule has 2 nitrogen and oxygen atoms in total. The first kappa shape index (κ1) is 12.9. The SMILES string of the molecule is CC(=O)c1ccc(N2CCCc3ccccc3C2)cc1. The predicted molar refractivity (Wildman–Crippen MR) is 82.3 cm³/mol. The van der Waals surface area contributed by atoms with Crippen LogP contribution in [0.4, 0.5) is 5.69 Å². The Morgan fingerprint density at radius 2 is 1.70 bits per heavy atom. The zero-order chi connectivity index (χ0) is 13.9. The topological polar surface area (TPSA) is 20.3 Å². The maximum atomic E-state index is 11.3. The van der Waals surface area contributed by atoms with E-state index in [1.54, 1.807) is 6.92 Å². The molecular weight excluding hydrogens is 246 g/mol. The van der Waals surface area contributed by atoms with Crippen molar-refractivity contribution >= 4 is 11.5 Å². The lowest BCUT2D eigenvalue weighted by atomic mass is 10.0. The Labute approximate surface area is 120 Å². The van der Waals surface area contributed by atoms with Crippen LogP contribution in [0.15, 0.2) is 48.5 Å². The van der Waals surface area contributed by atoms with E-state index in [1.165, 1.54) is 23.2 Å². The molecule has 0 unspecified atom stereocenters. The molecule has 1 heterocycles. The molecule has 1 aliphatic rings. The van der Waals surface area contributed by atoms with Crippen molar-refractivity contribution < 1.29 is 4.79 Å². The fourth-order valence-electron chi connectivity index (χ4n) is 2.83. The molecule has 102 valence electrons. The van der Waals surface area contributed by atoms with Crippen molar-refractivity contribution in [3.63, 3.8) is 0 Å². The average Bonchev–Trinajstić information content (AvgIpc) is 2.69. The van der Waals surface area contributed by atoms with Gasteiger partial charge in [-0.2, -0.15) is 0 Å². The summed E-state index contributed by atoms with van der Waals surface area (Å²) >= 11 is 0. The van der Waals surface area contributed by atoms with Gasteiger partial charge in [0.2, 0.25) is 0 Å². The van der Waals surface area contributed by atoms with Crippen LogP contribution in [0.5, 0.6) is 0 Å². The van der Waals surface area contributed by atoms with Crippen molar-refractivity contribution in [2.75, 3.05) is 11.4 Å². The van der Waals surface area contributed by atoms with Gasteiger partial charge in [-0.3, -0.25) is 4.79 Å². The summed E-state index contributed by atoms with van der Waals surface area (Å²) in [4.78, 5) is 13.7. The van der Waals surface area contributed by atoms with E-state index in [1.807, 2.05) is 12.1 Å². The van der Waals surface area contributed by atoms with Crippen molar-refractivity contribution in [2.45, 2.75) is 26.3 Å². The third-order valence-corrected chi connectivity index (χ3v) is 3.99. The third kappa shape index (κ3) is 2.60. The second kappa shape index (κ2) is 5.49. The molecule has 2 aromatic carbocycles. The summed E-state index contributed by atoms with van der Waals surface area (Å²) in [5.41, 5.74) is 4.87. The number of hydrogen-bond donors (Lipinski definition) is 0. The van der Waals surface area contributed by atoms with Crippen molar-refractivity contribution in [1.82, 2.24) is 0 Å². The summed E-state index contributed by atoms with van der Waals surface area (Å²) in [5.74, 6) is 0.123. The molecule has 20 heavy (non-hydrogen) atoms. The highest BCUT2D eigenvalue weighted by Gasteiger charge is 2.14. The minimum atomic E-state index is 0.123. The Morgan fingerprint density at radius 1 is 1.00 bits per heavy atom. The highest BCUT2D eigenvalue weighted by Crippen LogP contribution is 2.24. The van der Waals surface area contributed by atoms with Crippen LogP contribution in [0.2, 0.25) is 0 Å². The van der Waals surface area contributed by atoms with Gasteiger partial charge in [0.1, 0.15) is 0 Å². The fourth-order valence-corrected chi connectivity index (χ4v) is 2.83. The number of ketones is 1. The first-order valence-corrected chi connectivity index (χ1v) is 7.17. The number of anilines is 1. The van der Waals surface area contributed by atoms with Crippen molar-refractivity contribution in [2.24, 2.45) is 0 Å². The average molecular weight is 265 g/mol. The largest absolute Gasteiger partial charge is 0.367 e. The molecule has 0 bridgehead atoms. The number of carbonyl (C=O) groups excluding carboxylic acids is 1. The molecule has 0 radical (unpaired) electrons. The lowest BCUT2D eigenvalue weighted by Crippen LogP contribution is -2.22. The zero-order valence-corrected chi connectivity index (χ0v) is 11.8. The van der Waals surface area contributed by atoms with Gasteiger partial charge < -0.3 is 4.90 Å². The minimum absolute atomic E-state index is 0.123. The van der Waals surface area contributed by atoms with E-state index in [9.17, 15) is 4.79 Å². The zero-order valence-electron chi connectivity index (χ0n) is 11.8. The first-order chi connectivity index (χ1) is 9.74. The van der Waals surface area contributed by atoms with E-state index in [2.05, 4.69) is 41.3 Å². The normalized spacial score (nSPS) is 14.6.